The van der Waals surface area contributed by atoms with Crippen molar-refractivity contribution in [3.05, 3.63) is 24.2 Å². The highest BCUT2D eigenvalue weighted by Gasteiger charge is 2.12. The fraction of sp³-hybridized carbons (Fsp3) is 0.500. The molecule has 1 aliphatic rings. The number of nitrogens with zero attached hydrogens (tertiary/aromatic N) is 2. The lowest BCUT2D eigenvalue weighted by Crippen LogP contribution is -2.34. The van der Waals surface area contributed by atoms with E-state index in [0.717, 1.165) is 18.8 Å². The first-order valence-electron chi connectivity index (χ1n) is 4.93. The van der Waals surface area contributed by atoms with E-state index >= 15 is 0 Å². The largest absolute Gasteiger partial charge is 0.467 e. The molecule has 0 atom stereocenters. The summed E-state index contributed by atoms with van der Waals surface area (Å²) in [5, 5.41) is 0. The van der Waals surface area contributed by atoms with Gasteiger partial charge in [-0.2, -0.15) is 0 Å². The molecule has 4 nitrogen and oxygen atoms in total. The summed E-state index contributed by atoms with van der Waals surface area (Å²) in [6.07, 6.45) is 4.09. The van der Waals surface area contributed by atoms with Gasteiger partial charge in [0.05, 0.1) is 6.26 Å². The highest BCUT2D eigenvalue weighted by atomic mass is 16.3. The molecule has 0 amide bonds. The Hall–Kier alpha value is -1.45. The number of nitrogens with two attached hydrogens (primary N) is 1. The maximum absolute atomic E-state index is 5.83. The topological polar surface area (TPSA) is 54.8 Å². The second-order valence-corrected chi connectivity index (χ2v) is 3.45. The summed E-state index contributed by atoms with van der Waals surface area (Å²) in [6.45, 7) is 2.61. The Morgan fingerprint density at radius 2 is 2.29 bits per heavy atom. The van der Waals surface area contributed by atoms with Crippen LogP contribution in [0.4, 0.5) is 0 Å². The van der Waals surface area contributed by atoms with Gasteiger partial charge in [0.1, 0.15) is 12.3 Å². The third-order valence-electron chi connectivity index (χ3n) is 2.41. The molecule has 0 spiro atoms. The van der Waals surface area contributed by atoms with Crippen molar-refractivity contribution in [3.8, 4) is 0 Å². The zero-order chi connectivity index (χ0) is 9.80. The van der Waals surface area contributed by atoms with E-state index in [0.29, 0.717) is 12.5 Å². The Labute approximate surface area is 83.4 Å². The van der Waals surface area contributed by atoms with Crippen LogP contribution in [0.3, 0.4) is 0 Å². The predicted molar refractivity (Wildman–Crippen MR) is 54.8 cm³/mol. The third-order valence-corrected chi connectivity index (χ3v) is 2.41. The zero-order valence-electron chi connectivity index (χ0n) is 8.15. The predicted octanol–water partition coefficient (Wildman–Crippen LogP) is 1.19. The normalized spacial score (nSPS) is 17.7. The zero-order valence-corrected chi connectivity index (χ0v) is 8.15. The van der Waals surface area contributed by atoms with E-state index in [2.05, 4.69) is 9.89 Å². The van der Waals surface area contributed by atoms with Crippen LogP contribution in [0.1, 0.15) is 18.6 Å². The van der Waals surface area contributed by atoms with Crippen LogP contribution in [0, 0.1) is 0 Å². The van der Waals surface area contributed by atoms with Gasteiger partial charge in [-0.25, -0.2) is 4.99 Å². The second-order valence-electron chi connectivity index (χ2n) is 3.45. The average molecular weight is 193 g/mol. The van der Waals surface area contributed by atoms with Gasteiger partial charge in [-0.3, -0.25) is 0 Å². The molecule has 2 N–H and O–H groups in total. The molecule has 1 aliphatic heterocycles. The van der Waals surface area contributed by atoms with E-state index in [-0.39, 0.29) is 0 Å². The Balaban J connectivity index is 1.90. The number of aliphatic imine (C=N–C) groups is 1. The summed E-state index contributed by atoms with van der Waals surface area (Å²) in [5.74, 6) is 1.49. The first-order chi connectivity index (χ1) is 6.86. The summed E-state index contributed by atoms with van der Waals surface area (Å²) in [4.78, 5) is 6.39. The van der Waals surface area contributed by atoms with Crippen LogP contribution >= 0.6 is 0 Å². The Bertz CT molecular complexity index is 299. The van der Waals surface area contributed by atoms with Crippen LogP contribution < -0.4 is 5.73 Å². The SMILES string of the molecule is NC(=NCc1ccco1)N1CCCC1. The molecule has 0 saturated carbocycles. The maximum Gasteiger partial charge on any atom is 0.191 e. The minimum Gasteiger partial charge on any atom is -0.467 e. The second kappa shape index (κ2) is 4.17. The van der Waals surface area contributed by atoms with Crippen LogP contribution in [0.2, 0.25) is 0 Å². The van der Waals surface area contributed by atoms with Crippen molar-refractivity contribution in [2.45, 2.75) is 19.4 Å². The summed E-state index contributed by atoms with van der Waals surface area (Å²) in [5.41, 5.74) is 5.83. The molecular formula is C10H15N3O. The van der Waals surface area contributed by atoms with E-state index in [1.807, 2.05) is 12.1 Å². The van der Waals surface area contributed by atoms with Gasteiger partial charge in [-0.15, -0.1) is 0 Å². The van der Waals surface area contributed by atoms with Gasteiger partial charge in [-0.1, -0.05) is 0 Å². The molecule has 0 bridgehead atoms. The standard InChI is InChI=1S/C10H15N3O/c11-10(13-5-1-2-6-13)12-8-9-4-3-7-14-9/h3-4,7H,1-2,5-6,8H2,(H2,11,12). The van der Waals surface area contributed by atoms with Gasteiger partial charge in [-0.05, 0) is 25.0 Å². The molecule has 1 saturated heterocycles. The Kier molecular flexibility index (Phi) is 2.72. The Morgan fingerprint density at radius 1 is 1.50 bits per heavy atom. The van der Waals surface area contributed by atoms with Crippen LogP contribution in [-0.2, 0) is 6.54 Å². The quantitative estimate of drug-likeness (QED) is 0.567. The lowest BCUT2D eigenvalue weighted by atomic mass is 10.4. The highest BCUT2D eigenvalue weighted by molar-refractivity contribution is 5.78. The van der Waals surface area contributed by atoms with Crippen molar-refractivity contribution >= 4 is 5.96 Å². The smallest absolute Gasteiger partial charge is 0.191 e. The fourth-order valence-electron chi connectivity index (χ4n) is 1.61. The van der Waals surface area contributed by atoms with Crippen LogP contribution in [-0.4, -0.2) is 23.9 Å². The van der Waals surface area contributed by atoms with Crippen molar-refractivity contribution < 1.29 is 4.42 Å². The number of rotatable bonds is 2. The van der Waals surface area contributed by atoms with E-state index in [1.54, 1.807) is 6.26 Å². The van der Waals surface area contributed by atoms with Crippen molar-refractivity contribution in [2.75, 3.05) is 13.1 Å². The molecule has 14 heavy (non-hydrogen) atoms. The van der Waals surface area contributed by atoms with Crippen molar-refractivity contribution in [1.82, 2.24) is 4.90 Å². The molecule has 76 valence electrons. The summed E-state index contributed by atoms with van der Waals surface area (Å²) in [6, 6.07) is 3.76. The first kappa shape index (κ1) is 9.12. The van der Waals surface area contributed by atoms with Crippen molar-refractivity contribution in [3.63, 3.8) is 0 Å². The maximum atomic E-state index is 5.83. The van der Waals surface area contributed by atoms with Crippen LogP contribution in [0.25, 0.3) is 0 Å². The molecule has 2 rings (SSSR count). The van der Waals surface area contributed by atoms with Crippen molar-refractivity contribution in [1.29, 1.82) is 0 Å². The van der Waals surface area contributed by atoms with Crippen LogP contribution in [0.5, 0.6) is 0 Å². The summed E-state index contributed by atoms with van der Waals surface area (Å²) in [7, 11) is 0. The summed E-state index contributed by atoms with van der Waals surface area (Å²) >= 11 is 0. The average Bonchev–Trinajstić information content (AvgIpc) is 2.87. The molecule has 0 aliphatic carbocycles. The first-order valence-corrected chi connectivity index (χ1v) is 4.93. The molecule has 0 aromatic carbocycles. The molecule has 0 unspecified atom stereocenters. The third kappa shape index (κ3) is 2.07. The Morgan fingerprint density at radius 3 is 2.93 bits per heavy atom. The van der Waals surface area contributed by atoms with E-state index in [9.17, 15) is 0 Å². The monoisotopic (exact) mass is 193 g/mol. The minimum absolute atomic E-state index is 0.537. The van der Waals surface area contributed by atoms with Gasteiger partial charge in [0.15, 0.2) is 5.96 Å². The molecule has 1 fully saturated rings. The highest BCUT2D eigenvalue weighted by Crippen LogP contribution is 2.07. The molecule has 4 heteroatoms. The van der Waals surface area contributed by atoms with Gasteiger partial charge >= 0.3 is 0 Å². The minimum atomic E-state index is 0.537. The van der Waals surface area contributed by atoms with E-state index < -0.39 is 0 Å². The number of furan rings is 1. The van der Waals surface area contributed by atoms with E-state index in [4.69, 9.17) is 10.2 Å². The number of likely N-dealkylation sites (tertiary alicyclic amines) is 1. The lowest BCUT2D eigenvalue weighted by molar-refractivity contribution is 0.494. The van der Waals surface area contributed by atoms with Gasteiger partial charge in [0, 0.05) is 13.1 Å². The van der Waals surface area contributed by atoms with E-state index in [1.165, 1.54) is 12.8 Å². The molecule has 1 aromatic heterocycles. The molecule has 0 radical (unpaired) electrons. The summed E-state index contributed by atoms with van der Waals surface area (Å²) < 4.78 is 5.17. The molecular weight excluding hydrogens is 178 g/mol. The number of hydrogen-bond acceptors (Lipinski definition) is 2. The fourth-order valence-corrected chi connectivity index (χ4v) is 1.61. The number of guanidine groups is 1. The van der Waals surface area contributed by atoms with Gasteiger partial charge in [0.25, 0.3) is 0 Å². The molecule has 2 heterocycles. The van der Waals surface area contributed by atoms with Crippen LogP contribution in [0.15, 0.2) is 27.8 Å². The van der Waals surface area contributed by atoms with Gasteiger partial charge in [0.2, 0.25) is 0 Å². The molecule has 1 aromatic rings. The lowest BCUT2D eigenvalue weighted by Gasteiger charge is -2.15. The van der Waals surface area contributed by atoms with Crippen molar-refractivity contribution in [2.24, 2.45) is 10.7 Å². The number of hydrogen-bond donors (Lipinski definition) is 1. The van der Waals surface area contributed by atoms with Gasteiger partial charge < -0.3 is 15.1 Å².